The second-order valence-electron chi connectivity index (χ2n) is 5.19. The summed E-state index contributed by atoms with van der Waals surface area (Å²) in [6, 6.07) is 11.0. The first-order valence-electron chi connectivity index (χ1n) is 7.18. The van der Waals surface area contributed by atoms with E-state index in [4.69, 9.17) is 0 Å². The van der Waals surface area contributed by atoms with E-state index in [9.17, 15) is 8.78 Å². The first-order chi connectivity index (χ1) is 11.7. The minimum atomic E-state index is -0.931. The summed E-state index contributed by atoms with van der Waals surface area (Å²) in [5.74, 6) is -0.975. The fraction of sp³-hybridized carbons (Fsp3) is 0. The molecule has 4 aromatic rings. The van der Waals surface area contributed by atoms with Crippen LogP contribution in [-0.4, -0.2) is 20.2 Å². The van der Waals surface area contributed by atoms with Crippen LogP contribution in [0.25, 0.3) is 22.3 Å². The number of hydrogen-bond acceptors (Lipinski definition) is 4. The molecule has 2 aromatic carbocycles. The topological polar surface area (TPSA) is 66.5 Å². The number of hydrogen-bond donors (Lipinski definition) is 2. The van der Waals surface area contributed by atoms with Gasteiger partial charge in [0.2, 0.25) is 0 Å². The van der Waals surface area contributed by atoms with Crippen LogP contribution < -0.4 is 5.32 Å². The number of aromatic nitrogens is 4. The van der Waals surface area contributed by atoms with E-state index in [0.29, 0.717) is 17.2 Å². The lowest BCUT2D eigenvalue weighted by Crippen LogP contribution is -1.97. The molecule has 0 aliphatic carbocycles. The molecule has 0 bridgehead atoms. The average Bonchev–Trinajstić information content (AvgIpc) is 3.05. The van der Waals surface area contributed by atoms with Crippen molar-refractivity contribution in [1.82, 2.24) is 20.2 Å². The van der Waals surface area contributed by atoms with Crippen LogP contribution in [0.1, 0.15) is 0 Å². The quantitative estimate of drug-likeness (QED) is 0.597. The first kappa shape index (κ1) is 14.3. The van der Waals surface area contributed by atoms with Crippen molar-refractivity contribution in [2.75, 3.05) is 5.32 Å². The number of H-pyrrole nitrogens is 1. The van der Waals surface area contributed by atoms with Crippen molar-refractivity contribution in [3.63, 3.8) is 0 Å². The predicted molar refractivity (Wildman–Crippen MR) is 86.8 cm³/mol. The molecular weight excluding hydrogens is 312 g/mol. The highest BCUT2D eigenvalue weighted by molar-refractivity contribution is 5.82. The van der Waals surface area contributed by atoms with Crippen molar-refractivity contribution in [3.05, 3.63) is 66.5 Å². The number of halogens is 2. The van der Waals surface area contributed by atoms with Crippen LogP contribution >= 0.6 is 0 Å². The lowest BCUT2D eigenvalue weighted by molar-refractivity contribution is 0.509. The van der Waals surface area contributed by atoms with Crippen molar-refractivity contribution in [3.8, 4) is 11.4 Å². The van der Waals surface area contributed by atoms with Gasteiger partial charge in [0, 0.05) is 22.8 Å². The van der Waals surface area contributed by atoms with Gasteiger partial charge >= 0.3 is 0 Å². The van der Waals surface area contributed by atoms with E-state index in [0.717, 1.165) is 28.7 Å². The normalized spacial score (nSPS) is 10.9. The molecule has 0 aliphatic heterocycles. The second-order valence-corrected chi connectivity index (χ2v) is 5.19. The third-order valence-corrected chi connectivity index (χ3v) is 3.55. The highest BCUT2D eigenvalue weighted by Gasteiger charge is 2.08. The summed E-state index contributed by atoms with van der Waals surface area (Å²) in [6.07, 6.45) is 3.29. The van der Waals surface area contributed by atoms with E-state index >= 15 is 0 Å². The lowest BCUT2D eigenvalue weighted by Gasteiger charge is -2.07. The number of rotatable bonds is 3. The Balaban J connectivity index is 1.65. The molecule has 2 N–H and O–H groups in total. The van der Waals surface area contributed by atoms with Gasteiger partial charge in [0.05, 0.1) is 11.7 Å². The number of anilines is 2. The molecule has 0 saturated heterocycles. The molecule has 0 fully saturated rings. The molecule has 24 heavy (non-hydrogen) atoms. The van der Waals surface area contributed by atoms with Crippen LogP contribution in [0.3, 0.4) is 0 Å². The molecule has 0 amide bonds. The van der Waals surface area contributed by atoms with Gasteiger partial charge in [0.25, 0.3) is 0 Å². The fourth-order valence-corrected chi connectivity index (χ4v) is 2.37. The number of fused-ring (bicyclic) bond motifs is 1. The Bertz CT molecular complexity index is 1030. The average molecular weight is 323 g/mol. The van der Waals surface area contributed by atoms with E-state index in [1.165, 1.54) is 6.07 Å². The maximum Gasteiger partial charge on any atom is 0.161 e. The fourth-order valence-electron chi connectivity index (χ4n) is 2.37. The smallest absolute Gasteiger partial charge is 0.161 e. The van der Waals surface area contributed by atoms with Crippen LogP contribution in [-0.2, 0) is 0 Å². The van der Waals surface area contributed by atoms with Crippen molar-refractivity contribution in [1.29, 1.82) is 0 Å². The van der Waals surface area contributed by atoms with Crippen LogP contribution in [0.5, 0.6) is 0 Å². The van der Waals surface area contributed by atoms with E-state index in [1.807, 2.05) is 18.2 Å². The Kier molecular flexibility index (Phi) is 3.38. The molecular formula is C17H11F2N5. The van der Waals surface area contributed by atoms with Crippen molar-refractivity contribution in [2.24, 2.45) is 0 Å². The Morgan fingerprint density at radius 3 is 2.75 bits per heavy atom. The van der Waals surface area contributed by atoms with Gasteiger partial charge in [0.15, 0.2) is 17.5 Å². The molecule has 0 radical (unpaired) electrons. The predicted octanol–water partition coefficient (Wildman–Crippen LogP) is 4.04. The molecule has 0 spiro atoms. The van der Waals surface area contributed by atoms with Crippen molar-refractivity contribution < 1.29 is 8.78 Å². The summed E-state index contributed by atoms with van der Waals surface area (Å²) >= 11 is 0. The number of aromatic amines is 1. The maximum atomic E-state index is 13.4. The number of nitrogens with one attached hydrogen (secondary N) is 2. The van der Waals surface area contributed by atoms with Crippen molar-refractivity contribution in [2.45, 2.75) is 0 Å². The summed E-state index contributed by atoms with van der Waals surface area (Å²) in [5.41, 5.74) is 2.17. The van der Waals surface area contributed by atoms with Crippen LogP contribution in [0.4, 0.5) is 20.3 Å². The SMILES string of the molecule is Fc1ccc(-c2nccc(Nc3ccc4[nH]ncc4c3)n2)cc1F. The summed E-state index contributed by atoms with van der Waals surface area (Å²) in [6.45, 7) is 0. The van der Waals surface area contributed by atoms with Crippen LogP contribution in [0.2, 0.25) is 0 Å². The molecule has 0 atom stereocenters. The minimum Gasteiger partial charge on any atom is -0.340 e. The zero-order valence-corrected chi connectivity index (χ0v) is 12.3. The highest BCUT2D eigenvalue weighted by Crippen LogP contribution is 2.22. The van der Waals surface area contributed by atoms with Gasteiger partial charge in [-0.2, -0.15) is 5.10 Å². The van der Waals surface area contributed by atoms with Gasteiger partial charge in [-0.25, -0.2) is 18.7 Å². The molecule has 2 heterocycles. The Morgan fingerprint density at radius 1 is 0.958 bits per heavy atom. The van der Waals surface area contributed by atoms with Gasteiger partial charge in [-0.05, 0) is 42.5 Å². The number of benzene rings is 2. The first-order valence-corrected chi connectivity index (χ1v) is 7.18. The largest absolute Gasteiger partial charge is 0.340 e. The Morgan fingerprint density at radius 2 is 1.88 bits per heavy atom. The van der Waals surface area contributed by atoms with Gasteiger partial charge in [0.1, 0.15) is 5.82 Å². The van der Waals surface area contributed by atoms with Gasteiger partial charge < -0.3 is 5.32 Å². The third kappa shape index (κ3) is 2.67. The Hall–Kier alpha value is -3.35. The summed E-state index contributed by atoms with van der Waals surface area (Å²) in [7, 11) is 0. The zero-order chi connectivity index (χ0) is 16.5. The van der Waals surface area contributed by atoms with Gasteiger partial charge in [-0.3, -0.25) is 5.10 Å². The molecule has 0 unspecified atom stereocenters. The second kappa shape index (κ2) is 5.69. The van der Waals surface area contributed by atoms with Gasteiger partial charge in [-0.1, -0.05) is 0 Å². The zero-order valence-electron chi connectivity index (χ0n) is 12.3. The molecule has 5 nitrogen and oxygen atoms in total. The van der Waals surface area contributed by atoms with Crippen molar-refractivity contribution >= 4 is 22.4 Å². The van der Waals surface area contributed by atoms with E-state index in [1.54, 1.807) is 18.5 Å². The summed E-state index contributed by atoms with van der Waals surface area (Å²) in [5, 5.41) is 11.0. The van der Waals surface area contributed by atoms with E-state index in [2.05, 4.69) is 25.5 Å². The van der Waals surface area contributed by atoms with Crippen LogP contribution in [0, 0.1) is 11.6 Å². The summed E-state index contributed by atoms with van der Waals surface area (Å²) < 4.78 is 26.4. The summed E-state index contributed by atoms with van der Waals surface area (Å²) in [4.78, 5) is 8.45. The molecule has 2 aromatic heterocycles. The molecule has 0 saturated carbocycles. The van der Waals surface area contributed by atoms with E-state index in [-0.39, 0.29) is 0 Å². The molecule has 7 heteroatoms. The molecule has 0 aliphatic rings. The highest BCUT2D eigenvalue weighted by atomic mass is 19.2. The molecule has 4 rings (SSSR count). The Labute approximate surface area is 135 Å². The maximum absolute atomic E-state index is 13.4. The molecule has 118 valence electrons. The van der Waals surface area contributed by atoms with Crippen LogP contribution in [0.15, 0.2) is 54.9 Å². The third-order valence-electron chi connectivity index (χ3n) is 3.55. The number of nitrogens with zero attached hydrogens (tertiary/aromatic N) is 3. The van der Waals surface area contributed by atoms with Gasteiger partial charge in [-0.15, -0.1) is 0 Å². The standard InChI is InChI=1S/C17H11F2N5/c18-13-3-1-10(8-14(13)19)17-20-6-5-16(23-17)22-12-2-4-15-11(7-12)9-21-24-15/h1-9H,(H,21,24)(H,20,22,23). The van der Waals surface area contributed by atoms with E-state index < -0.39 is 11.6 Å². The monoisotopic (exact) mass is 323 g/mol. The lowest BCUT2D eigenvalue weighted by atomic mass is 10.2. The minimum absolute atomic E-state index is 0.309.